The number of rotatable bonds is 8. The van der Waals surface area contributed by atoms with Crippen LogP contribution in [0.15, 0.2) is 47.6 Å². The zero-order chi connectivity index (χ0) is 21.2. The van der Waals surface area contributed by atoms with Crippen LogP contribution in [0, 0.1) is 6.92 Å². The molecule has 1 aromatic heterocycles. The molecular formula is C23H33N5O2. The molecule has 2 heterocycles. The van der Waals surface area contributed by atoms with Crippen molar-refractivity contribution in [1.29, 1.82) is 0 Å². The van der Waals surface area contributed by atoms with Gasteiger partial charge in [-0.15, -0.1) is 0 Å². The fourth-order valence-electron chi connectivity index (χ4n) is 3.31. The van der Waals surface area contributed by atoms with Gasteiger partial charge >= 0.3 is 0 Å². The summed E-state index contributed by atoms with van der Waals surface area (Å²) in [6.07, 6.45) is 1.85. The van der Waals surface area contributed by atoms with Crippen molar-refractivity contribution in [2.45, 2.75) is 33.4 Å². The quantitative estimate of drug-likeness (QED) is 0.514. The van der Waals surface area contributed by atoms with E-state index in [1.165, 1.54) is 0 Å². The molecule has 1 fully saturated rings. The minimum absolute atomic E-state index is 0.0114. The number of hydrogen-bond acceptors (Lipinski definition) is 5. The van der Waals surface area contributed by atoms with Gasteiger partial charge in [-0.1, -0.05) is 24.3 Å². The molecule has 1 aliphatic heterocycles. The van der Waals surface area contributed by atoms with Gasteiger partial charge in [-0.2, -0.15) is 0 Å². The molecule has 7 heteroatoms. The van der Waals surface area contributed by atoms with Gasteiger partial charge in [-0.05, 0) is 38.5 Å². The number of hydrogen-bond donors (Lipinski definition) is 2. The van der Waals surface area contributed by atoms with Crippen LogP contribution in [0.1, 0.15) is 25.0 Å². The summed E-state index contributed by atoms with van der Waals surface area (Å²) in [5.74, 6) is 2.69. The van der Waals surface area contributed by atoms with Crippen LogP contribution >= 0.6 is 0 Å². The number of aliphatic imine (C=N–C) groups is 1. The predicted octanol–water partition coefficient (Wildman–Crippen LogP) is 2.75. The largest absolute Gasteiger partial charge is 0.489 e. The van der Waals surface area contributed by atoms with Crippen molar-refractivity contribution in [3.05, 3.63) is 53.7 Å². The van der Waals surface area contributed by atoms with Crippen LogP contribution in [0.25, 0.3) is 0 Å². The lowest BCUT2D eigenvalue weighted by Gasteiger charge is -2.29. The summed E-state index contributed by atoms with van der Waals surface area (Å²) in [4.78, 5) is 11.6. The lowest BCUT2D eigenvalue weighted by Crippen LogP contribution is -2.42. The molecule has 30 heavy (non-hydrogen) atoms. The average Bonchev–Trinajstić information content (AvgIpc) is 2.78. The Morgan fingerprint density at radius 3 is 2.77 bits per heavy atom. The molecule has 1 aromatic carbocycles. The normalized spacial score (nSPS) is 15.6. The first-order chi connectivity index (χ1) is 14.7. The van der Waals surface area contributed by atoms with Crippen molar-refractivity contribution in [2.24, 2.45) is 4.99 Å². The predicted molar refractivity (Wildman–Crippen MR) is 121 cm³/mol. The van der Waals surface area contributed by atoms with Crippen molar-refractivity contribution >= 4 is 11.8 Å². The molecule has 0 amide bonds. The molecule has 7 nitrogen and oxygen atoms in total. The molecule has 1 unspecified atom stereocenters. The van der Waals surface area contributed by atoms with Gasteiger partial charge in [0.05, 0.1) is 26.3 Å². The molecule has 3 rings (SSSR count). The zero-order valence-corrected chi connectivity index (χ0v) is 18.2. The first-order valence-corrected chi connectivity index (χ1v) is 10.7. The third-order valence-electron chi connectivity index (χ3n) is 4.91. The molecule has 0 spiro atoms. The Hall–Kier alpha value is -2.80. The van der Waals surface area contributed by atoms with Crippen LogP contribution in [-0.2, 0) is 11.3 Å². The van der Waals surface area contributed by atoms with Crippen molar-refractivity contribution in [3.8, 4) is 5.75 Å². The number of ether oxygens (including phenoxy) is 2. The zero-order valence-electron chi connectivity index (χ0n) is 18.2. The Balaban J connectivity index is 1.60. The van der Waals surface area contributed by atoms with E-state index in [1.54, 1.807) is 0 Å². The van der Waals surface area contributed by atoms with Crippen LogP contribution in [0.5, 0.6) is 5.75 Å². The van der Waals surface area contributed by atoms with Crippen LogP contribution < -0.4 is 20.3 Å². The second-order valence-electron chi connectivity index (χ2n) is 7.36. The number of benzene rings is 1. The number of morpholine rings is 1. The number of anilines is 1. The van der Waals surface area contributed by atoms with Crippen molar-refractivity contribution in [3.63, 3.8) is 0 Å². The Morgan fingerprint density at radius 2 is 2.00 bits per heavy atom. The first-order valence-electron chi connectivity index (χ1n) is 10.7. The van der Waals surface area contributed by atoms with Gasteiger partial charge in [0.25, 0.3) is 0 Å². The fraction of sp³-hybridized carbons (Fsp3) is 0.478. The fourth-order valence-corrected chi connectivity index (χ4v) is 3.31. The SMILES string of the molecule is CCNC(=NCc1cccnc1N1CCOCC1)NCC(C)Oc1ccccc1C. The third-order valence-corrected chi connectivity index (χ3v) is 4.91. The van der Waals surface area contributed by atoms with E-state index in [0.29, 0.717) is 13.1 Å². The standard InChI is InChI=1S/C23H33N5O2/c1-4-24-23(26-16-19(3)30-21-10-6-5-8-18(21)2)27-17-20-9-7-11-25-22(20)28-12-14-29-15-13-28/h5-11,19H,4,12-17H2,1-3H3,(H2,24,26,27). The summed E-state index contributed by atoms with van der Waals surface area (Å²) in [6.45, 7) is 11.4. The minimum atomic E-state index is 0.0114. The van der Waals surface area contributed by atoms with Gasteiger partial charge in [0.15, 0.2) is 5.96 Å². The van der Waals surface area contributed by atoms with E-state index in [-0.39, 0.29) is 6.10 Å². The maximum Gasteiger partial charge on any atom is 0.191 e. The number of pyridine rings is 1. The summed E-state index contributed by atoms with van der Waals surface area (Å²) >= 11 is 0. The summed E-state index contributed by atoms with van der Waals surface area (Å²) < 4.78 is 11.5. The Labute approximate surface area is 179 Å². The molecule has 1 saturated heterocycles. The number of guanidine groups is 1. The van der Waals surface area contributed by atoms with Crippen LogP contribution in [0.4, 0.5) is 5.82 Å². The molecular weight excluding hydrogens is 378 g/mol. The summed E-state index contributed by atoms with van der Waals surface area (Å²) in [5.41, 5.74) is 2.25. The highest BCUT2D eigenvalue weighted by Gasteiger charge is 2.15. The number of nitrogens with one attached hydrogen (secondary N) is 2. The molecule has 1 aliphatic rings. The summed E-state index contributed by atoms with van der Waals surface area (Å²) in [6, 6.07) is 12.1. The number of aryl methyl sites for hydroxylation is 1. The molecule has 2 N–H and O–H groups in total. The van der Waals surface area contributed by atoms with E-state index in [2.05, 4.69) is 53.4 Å². The smallest absolute Gasteiger partial charge is 0.191 e. The van der Waals surface area contributed by atoms with E-state index in [1.807, 2.05) is 30.5 Å². The van der Waals surface area contributed by atoms with E-state index in [4.69, 9.17) is 14.5 Å². The van der Waals surface area contributed by atoms with Crippen molar-refractivity contribution in [2.75, 3.05) is 44.3 Å². The highest BCUT2D eigenvalue weighted by atomic mass is 16.5. The topological polar surface area (TPSA) is 71.0 Å². The van der Waals surface area contributed by atoms with E-state index >= 15 is 0 Å². The number of aromatic nitrogens is 1. The second kappa shape index (κ2) is 11.4. The van der Waals surface area contributed by atoms with Gasteiger partial charge in [-0.3, -0.25) is 0 Å². The van der Waals surface area contributed by atoms with E-state index < -0.39 is 0 Å². The molecule has 0 aliphatic carbocycles. The van der Waals surface area contributed by atoms with Crippen LogP contribution in [0.2, 0.25) is 0 Å². The van der Waals surface area contributed by atoms with Crippen molar-refractivity contribution < 1.29 is 9.47 Å². The number of nitrogens with zero attached hydrogens (tertiary/aromatic N) is 3. The third kappa shape index (κ3) is 6.35. The van der Waals surface area contributed by atoms with E-state index in [0.717, 1.165) is 61.5 Å². The van der Waals surface area contributed by atoms with Crippen LogP contribution in [0.3, 0.4) is 0 Å². The van der Waals surface area contributed by atoms with Crippen molar-refractivity contribution in [1.82, 2.24) is 15.6 Å². The molecule has 1 atom stereocenters. The lowest BCUT2D eigenvalue weighted by atomic mass is 10.2. The molecule has 0 radical (unpaired) electrons. The Kier molecular flexibility index (Phi) is 8.32. The van der Waals surface area contributed by atoms with Gasteiger partial charge in [0, 0.05) is 31.4 Å². The highest BCUT2D eigenvalue weighted by molar-refractivity contribution is 5.79. The van der Waals surface area contributed by atoms with Gasteiger partial charge in [0.1, 0.15) is 17.7 Å². The monoisotopic (exact) mass is 411 g/mol. The summed E-state index contributed by atoms with van der Waals surface area (Å²) in [5, 5.41) is 6.70. The Bertz CT molecular complexity index is 821. The van der Waals surface area contributed by atoms with Gasteiger partial charge in [-0.25, -0.2) is 9.98 Å². The Morgan fingerprint density at radius 1 is 1.20 bits per heavy atom. The number of para-hydroxylation sites is 1. The first kappa shape index (κ1) is 21.9. The van der Waals surface area contributed by atoms with E-state index in [9.17, 15) is 0 Å². The molecule has 162 valence electrons. The molecule has 2 aromatic rings. The van der Waals surface area contributed by atoms with Gasteiger partial charge in [0.2, 0.25) is 0 Å². The maximum atomic E-state index is 6.06. The lowest BCUT2D eigenvalue weighted by molar-refractivity contribution is 0.122. The highest BCUT2D eigenvalue weighted by Crippen LogP contribution is 2.19. The molecule has 0 bridgehead atoms. The minimum Gasteiger partial charge on any atom is -0.489 e. The van der Waals surface area contributed by atoms with Crippen LogP contribution in [-0.4, -0.2) is 56.4 Å². The molecule has 0 saturated carbocycles. The second-order valence-corrected chi connectivity index (χ2v) is 7.36. The maximum absolute atomic E-state index is 6.06. The summed E-state index contributed by atoms with van der Waals surface area (Å²) in [7, 11) is 0. The average molecular weight is 412 g/mol. The van der Waals surface area contributed by atoms with Gasteiger partial charge < -0.3 is 25.0 Å².